The Morgan fingerprint density at radius 2 is 2.00 bits per heavy atom. The van der Waals surface area contributed by atoms with E-state index < -0.39 is 0 Å². The summed E-state index contributed by atoms with van der Waals surface area (Å²) >= 11 is 0. The van der Waals surface area contributed by atoms with Crippen molar-refractivity contribution in [2.75, 3.05) is 26.2 Å². The van der Waals surface area contributed by atoms with Gasteiger partial charge in [0.05, 0.1) is 5.56 Å². The lowest BCUT2D eigenvalue weighted by Gasteiger charge is -2.48. The number of nitrogens with zero attached hydrogens (tertiary/aromatic N) is 3. The summed E-state index contributed by atoms with van der Waals surface area (Å²) in [4.78, 5) is 29.6. The van der Waals surface area contributed by atoms with Crippen LogP contribution in [0, 0.1) is 11.3 Å². The number of hydrogen-bond donors (Lipinski definition) is 0. The first-order chi connectivity index (χ1) is 12.8. The van der Waals surface area contributed by atoms with Gasteiger partial charge < -0.3 is 14.4 Å². The molecule has 3 heterocycles. The van der Waals surface area contributed by atoms with Gasteiger partial charge in [-0.2, -0.15) is 0 Å². The van der Waals surface area contributed by atoms with Crippen LogP contribution in [0.4, 0.5) is 0 Å². The molecule has 148 valence electrons. The number of rotatable bonds is 3. The molecule has 0 N–H and O–H groups in total. The number of carbonyl (C=O) groups is 2. The molecule has 1 saturated carbocycles. The van der Waals surface area contributed by atoms with E-state index >= 15 is 0 Å². The van der Waals surface area contributed by atoms with Crippen LogP contribution in [-0.4, -0.2) is 52.4 Å². The van der Waals surface area contributed by atoms with Crippen molar-refractivity contribution in [2.24, 2.45) is 11.3 Å². The summed E-state index contributed by atoms with van der Waals surface area (Å²) in [6, 6.07) is 1.94. The molecular weight excluding hydrogens is 338 g/mol. The van der Waals surface area contributed by atoms with E-state index in [1.807, 2.05) is 23.4 Å². The average molecular weight is 372 g/mol. The van der Waals surface area contributed by atoms with Gasteiger partial charge >= 0.3 is 0 Å². The summed E-state index contributed by atoms with van der Waals surface area (Å²) in [6.45, 7) is 9.83. The normalized spacial score (nSPS) is 26.7. The second kappa shape index (κ2) is 6.68. The summed E-state index contributed by atoms with van der Waals surface area (Å²) in [5, 5.41) is 0. The zero-order valence-electron chi connectivity index (χ0n) is 17.0. The molecule has 1 aliphatic carbocycles. The van der Waals surface area contributed by atoms with Crippen LogP contribution < -0.4 is 0 Å². The van der Waals surface area contributed by atoms with Crippen molar-refractivity contribution in [3.63, 3.8) is 0 Å². The predicted molar refractivity (Wildman–Crippen MR) is 106 cm³/mol. The van der Waals surface area contributed by atoms with Crippen LogP contribution >= 0.6 is 0 Å². The molecule has 5 nitrogen and oxygen atoms in total. The fourth-order valence-electron chi connectivity index (χ4n) is 4.72. The highest BCUT2D eigenvalue weighted by atomic mass is 16.2. The van der Waals surface area contributed by atoms with Crippen molar-refractivity contribution < 1.29 is 9.59 Å². The summed E-state index contributed by atoms with van der Waals surface area (Å²) in [5.74, 6) is 1.18. The van der Waals surface area contributed by atoms with Crippen LogP contribution in [0.2, 0.25) is 0 Å². The van der Waals surface area contributed by atoms with Crippen LogP contribution in [0.15, 0.2) is 18.5 Å². The van der Waals surface area contributed by atoms with Crippen molar-refractivity contribution >= 4 is 11.8 Å². The monoisotopic (exact) mass is 371 g/mol. The first-order valence-electron chi connectivity index (χ1n) is 10.5. The van der Waals surface area contributed by atoms with Crippen molar-refractivity contribution in [1.82, 2.24) is 14.4 Å². The summed E-state index contributed by atoms with van der Waals surface area (Å²) in [5.41, 5.74) is 0.863. The molecule has 1 spiro atoms. The third kappa shape index (κ3) is 3.92. The second-order valence-electron chi connectivity index (χ2n) is 10.0. The number of likely N-dealkylation sites (tertiary alicyclic amines) is 2. The largest absolute Gasteiger partial charge is 0.348 e. The Morgan fingerprint density at radius 3 is 2.67 bits per heavy atom. The molecule has 0 bridgehead atoms. The van der Waals surface area contributed by atoms with Gasteiger partial charge in [-0.3, -0.25) is 9.59 Å². The van der Waals surface area contributed by atoms with Gasteiger partial charge in [-0.1, -0.05) is 0 Å². The van der Waals surface area contributed by atoms with Crippen LogP contribution in [0.1, 0.15) is 69.7 Å². The summed E-state index contributed by atoms with van der Waals surface area (Å²) < 4.78 is 2.11. The maximum atomic E-state index is 13.1. The minimum Gasteiger partial charge on any atom is -0.348 e. The standard InChI is InChI=1S/C22H33N3O2/c1-21(2,3)25-12-8-18(14-25)20(27)23-11-4-9-22(15-23)10-7-19(26)24(16-22)13-17-5-6-17/h8,12,14,17H,4-7,9-11,13,15-16H2,1-3H3/t22-/m0/s1. The van der Waals surface area contributed by atoms with E-state index in [-0.39, 0.29) is 16.9 Å². The maximum absolute atomic E-state index is 13.1. The third-order valence-electron chi connectivity index (χ3n) is 6.59. The highest BCUT2D eigenvalue weighted by molar-refractivity contribution is 5.94. The van der Waals surface area contributed by atoms with E-state index in [9.17, 15) is 9.59 Å². The SMILES string of the molecule is CC(C)(C)n1ccc(C(=O)N2CCC[C@]3(CCC(=O)N(CC4CC4)C3)C2)c1. The Hall–Kier alpha value is -1.78. The molecule has 1 atom stereocenters. The Kier molecular flexibility index (Phi) is 4.59. The van der Waals surface area contributed by atoms with Crippen molar-refractivity contribution in [2.45, 2.75) is 64.8 Å². The van der Waals surface area contributed by atoms with Crippen LogP contribution in [-0.2, 0) is 10.3 Å². The van der Waals surface area contributed by atoms with E-state index in [1.165, 1.54) is 12.8 Å². The Labute approximate surface area is 162 Å². The van der Waals surface area contributed by atoms with Gasteiger partial charge in [0.1, 0.15) is 0 Å². The van der Waals surface area contributed by atoms with Gasteiger partial charge in [0.15, 0.2) is 0 Å². The highest BCUT2D eigenvalue weighted by Gasteiger charge is 2.43. The van der Waals surface area contributed by atoms with Gasteiger partial charge in [-0.25, -0.2) is 0 Å². The van der Waals surface area contributed by atoms with Crippen LogP contribution in [0.3, 0.4) is 0 Å². The Bertz CT molecular complexity index is 728. The average Bonchev–Trinajstić information content (AvgIpc) is 3.28. The maximum Gasteiger partial charge on any atom is 0.255 e. The van der Waals surface area contributed by atoms with Crippen molar-refractivity contribution in [3.05, 3.63) is 24.0 Å². The van der Waals surface area contributed by atoms with E-state index in [1.54, 1.807) is 0 Å². The zero-order valence-corrected chi connectivity index (χ0v) is 17.0. The van der Waals surface area contributed by atoms with Gasteiger partial charge in [0.25, 0.3) is 5.91 Å². The number of amides is 2. The first-order valence-corrected chi connectivity index (χ1v) is 10.5. The quantitative estimate of drug-likeness (QED) is 0.816. The molecule has 0 unspecified atom stereocenters. The molecule has 0 radical (unpaired) electrons. The highest BCUT2D eigenvalue weighted by Crippen LogP contribution is 2.41. The van der Waals surface area contributed by atoms with Crippen LogP contribution in [0.5, 0.6) is 0 Å². The van der Waals surface area contributed by atoms with Gasteiger partial charge in [-0.05, 0) is 64.9 Å². The molecule has 3 fully saturated rings. The lowest BCUT2D eigenvalue weighted by molar-refractivity contribution is -0.139. The van der Waals surface area contributed by atoms with E-state index in [4.69, 9.17) is 0 Å². The van der Waals surface area contributed by atoms with E-state index in [2.05, 4.69) is 30.2 Å². The topological polar surface area (TPSA) is 45.6 Å². The minimum atomic E-state index is -0.0192. The molecule has 3 aliphatic rings. The molecule has 27 heavy (non-hydrogen) atoms. The molecule has 1 aromatic heterocycles. The molecule has 4 rings (SSSR count). The predicted octanol–water partition coefficient (Wildman–Crippen LogP) is 3.50. The molecule has 2 saturated heterocycles. The number of aromatic nitrogens is 1. The zero-order chi connectivity index (χ0) is 19.2. The fourth-order valence-corrected chi connectivity index (χ4v) is 4.72. The van der Waals surface area contributed by atoms with Gasteiger partial charge in [0.2, 0.25) is 5.91 Å². The molecule has 5 heteroatoms. The molecule has 2 aliphatic heterocycles. The smallest absolute Gasteiger partial charge is 0.255 e. The first kappa shape index (κ1) is 18.6. The molecule has 1 aromatic rings. The third-order valence-corrected chi connectivity index (χ3v) is 6.59. The summed E-state index contributed by atoms with van der Waals surface area (Å²) in [6.07, 6.45) is 10.3. The number of hydrogen-bond acceptors (Lipinski definition) is 2. The second-order valence-corrected chi connectivity index (χ2v) is 10.0. The minimum absolute atomic E-state index is 0.0192. The fraction of sp³-hybridized carbons (Fsp3) is 0.727. The number of piperidine rings is 2. The van der Waals surface area contributed by atoms with Crippen molar-refractivity contribution in [3.8, 4) is 0 Å². The molecule has 2 amide bonds. The molecule has 0 aromatic carbocycles. The molecular formula is C22H33N3O2. The number of carbonyl (C=O) groups excluding carboxylic acids is 2. The van der Waals surface area contributed by atoms with Crippen LogP contribution in [0.25, 0.3) is 0 Å². The van der Waals surface area contributed by atoms with Gasteiger partial charge in [-0.15, -0.1) is 0 Å². The van der Waals surface area contributed by atoms with Crippen molar-refractivity contribution in [1.29, 1.82) is 0 Å². The Balaban J connectivity index is 1.46. The summed E-state index contributed by atoms with van der Waals surface area (Å²) in [7, 11) is 0. The lowest BCUT2D eigenvalue weighted by atomic mass is 9.73. The van der Waals surface area contributed by atoms with E-state index in [0.717, 1.165) is 56.9 Å². The van der Waals surface area contributed by atoms with Gasteiger partial charge in [0, 0.05) is 55.9 Å². The lowest BCUT2D eigenvalue weighted by Crippen LogP contribution is -2.55. The Morgan fingerprint density at radius 1 is 1.22 bits per heavy atom. The van der Waals surface area contributed by atoms with E-state index in [0.29, 0.717) is 12.3 Å².